The molecule has 0 atom stereocenters. The Hall–Kier alpha value is -1.11. The number of para-hydroxylation sites is 1. The van der Waals surface area contributed by atoms with Crippen molar-refractivity contribution in [1.82, 2.24) is 0 Å². The molecule has 0 bridgehead atoms. The second-order valence-electron chi connectivity index (χ2n) is 3.06. The van der Waals surface area contributed by atoms with Crippen molar-refractivity contribution in [2.75, 3.05) is 13.2 Å². The summed E-state index contributed by atoms with van der Waals surface area (Å²) < 4.78 is 31.8. The molecule has 0 spiro atoms. The maximum Gasteiger partial charge on any atom is 0.449 e. The Bertz CT molecular complexity index is 387. The van der Waals surface area contributed by atoms with Gasteiger partial charge in [-0.05, 0) is 25.0 Å². The largest absolute Gasteiger partial charge is 0.449 e. The molecule has 6 heteroatoms. The van der Waals surface area contributed by atoms with Crippen LogP contribution in [0.4, 0.5) is 0 Å². The number of aliphatic hydroxyl groups excluding tert-OH is 1. The Kier molecular flexibility index (Phi) is 5.24. The monoisotopic (exact) mass is 246 g/mol. The maximum absolute atomic E-state index is 11.3. The molecule has 0 heterocycles. The van der Waals surface area contributed by atoms with E-state index in [9.17, 15) is 8.42 Å². The van der Waals surface area contributed by atoms with E-state index in [0.29, 0.717) is 12.8 Å². The third-order valence-electron chi connectivity index (χ3n) is 1.72. The molecule has 90 valence electrons. The fraction of sp³-hybridized carbons (Fsp3) is 0.400. The second-order valence-corrected chi connectivity index (χ2v) is 4.28. The lowest BCUT2D eigenvalue weighted by Gasteiger charge is -2.06. The van der Waals surface area contributed by atoms with E-state index in [1.54, 1.807) is 18.2 Å². The van der Waals surface area contributed by atoms with Crippen molar-refractivity contribution in [3.8, 4) is 5.75 Å². The van der Waals surface area contributed by atoms with Crippen LogP contribution in [0.15, 0.2) is 30.3 Å². The molecule has 0 saturated heterocycles. The normalized spacial score (nSPS) is 11.3. The summed E-state index contributed by atoms with van der Waals surface area (Å²) in [5.74, 6) is 0.213. The first-order valence-electron chi connectivity index (χ1n) is 4.89. The molecule has 1 N–H and O–H groups in total. The average molecular weight is 246 g/mol. The number of unbranched alkanes of at least 4 members (excludes halogenated alkanes) is 1. The van der Waals surface area contributed by atoms with E-state index in [-0.39, 0.29) is 19.0 Å². The van der Waals surface area contributed by atoms with Crippen LogP contribution in [0.3, 0.4) is 0 Å². The van der Waals surface area contributed by atoms with Crippen LogP contribution in [0, 0.1) is 0 Å². The van der Waals surface area contributed by atoms with E-state index in [0.717, 1.165) is 0 Å². The zero-order valence-corrected chi connectivity index (χ0v) is 9.52. The van der Waals surface area contributed by atoms with Gasteiger partial charge in [0, 0.05) is 6.61 Å². The Morgan fingerprint density at radius 3 is 2.44 bits per heavy atom. The lowest BCUT2D eigenvalue weighted by atomic mass is 10.3. The van der Waals surface area contributed by atoms with Gasteiger partial charge in [-0.25, -0.2) is 4.18 Å². The summed E-state index contributed by atoms with van der Waals surface area (Å²) in [4.78, 5) is 0. The summed E-state index contributed by atoms with van der Waals surface area (Å²) in [6.45, 7) is 0.0265. The number of hydrogen-bond acceptors (Lipinski definition) is 5. The first kappa shape index (κ1) is 13.0. The first-order valence-corrected chi connectivity index (χ1v) is 6.22. The highest BCUT2D eigenvalue weighted by Gasteiger charge is 2.12. The lowest BCUT2D eigenvalue weighted by Crippen LogP contribution is -2.14. The van der Waals surface area contributed by atoms with Gasteiger partial charge in [0.2, 0.25) is 0 Å². The van der Waals surface area contributed by atoms with Gasteiger partial charge in [0.05, 0.1) is 6.61 Å². The van der Waals surface area contributed by atoms with Crippen LogP contribution < -0.4 is 4.18 Å². The molecule has 0 radical (unpaired) electrons. The number of hydrogen-bond donors (Lipinski definition) is 1. The van der Waals surface area contributed by atoms with Crippen LogP contribution in [-0.2, 0) is 14.6 Å². The van der Waals surface area contributed by atoms with E-state index < -0.39 is 10.4 Å². The molecule has 1 rings (SSSR count). The molecule has 0 aliphatic heterocycles. The highest BCUT2D eigenvalue weighted by atomic mass is 32.3. The molecular weight excluding hydrogens is 232 g/mol. The summed E-state index contributed by atoms with van der Waals surface area (Å²) in [5, 5.41) is 8.49. The van der Waals surface area contributed by atoms with E-state index in [1.165, 1.54) is 12.1 Å². The van der Waals surface area contributed by atoms with E-state index >= 15 is 0 Å². The summed E-state index contributed by atoms with van der Waals surface area (Å²) >= 11 is 0. The van der Waals surface area contributed by atoms with Gasteiger partial charge in [-0.1, -0.05) is 18.2 Å². The highest BCUT2D eigenvalue weighted by molar-refractivity contribution is 7.82. The zero-order chi connectivity index (χ0) is 11.9. The van der Waals surface area contributed by atoms with Crippen LogP contribution in [0.2, 0.25) is 0 Å². The quantitative estimate of drug-likeness (QED) is 0.729. The standard InChI is InChI=1S/C10H14O5S/c11-8-4-5-9-14-16(12,13)15-10-6-2-1-3-7-10/h1-3,6-7,11H,4-5,8-9H2. The molecule has 0 aliphatic carbocycles. The van der Waals surface area contributed by atoms with Crippen LogP contribution >= 0.6 is 0 Å². The molecule has 0 aliphatic rings. The van der Waals surface area contributed by atoms with Crippen molar-refractivity contribution >= 4 is 10.4 Å². The van der Waals surface area contributed by atoms with Crippen molar-refractivity contribution in [2.45, 2.75) is 12.8 Å². The highest BCUT2D eigenvalue weighted by Crippen LogP contribution is 2.12. The zero-order valence-electron chi connectivity index (χ0n) is 8.70. The minimum absolute atomic E-state index is 0.00965. The fourth-order valence-electron chi connectivity index (χ4n) is 0.993. The summed E-state index contributed by atoms with van der Waals surface area (Å²) in [6, 6.07) is 8.12. The van der Waals surface area contributed by atoms with Gasteiger partial charge in [0.1, 0.15) is 5.75 Å². The molecule has 0 unspecified atom stereocenters. The summed E-state index contributed by atoms with van der Waals surface area (Å²) in [5.41, 5.74) is 0. The van der Waals surface area contributed by atoms with Crippen LogP contribution in [0.5, 0.6) is 5.75 Å². The average Bonchev–Trinajstić information content (AvgIpc) is 2.25. The molecule has 1 aromatic rings. The summed E-state index contributed by atoms with van der Waals surface area (Å²) in [6.07, 6.45) is 0.967. The van der Waals surface area contributed by atoms with E-state index in [1.807, 2.05) is 0 Å². The van der Waals surface area contributed by atoms with Gasteiger partial charge in [-0.2, -0.15) is 8.42 Å². The van der Waals surface area contributed by atoms with Crippen LogP contribution in [0.1, 0.15) is 12.8 Å². The van der Waals surface area contributed by atoms with Crippen molar-refractivity contribution in [3.05, 3.63) is 30.3 Å². The Morgan fingerprint density at radius 1 is 1.12 bits per heavy atom. The molecule has 0 fully saturated rings. The van der Waals surface area contributed by atoms with Crippen molar-refractivity contribution in [3.63, 3.8) is 0 Å². The molecule has 1 aromatic carbocycles. The number of rotatable bonds is 7. The minimum atomic E-state index is -4.00. The molecule has 0 aromatic heterocycles. The third kappa shape index (κ3) is 5.11. The van der Waals surface area contributed by atoms with Crippen molar-refractivity contribution in [1.29, 1.82) is 0 Å². The Balaban J connectivity index is 2.40. The fourth-order valence-corrected chi connectivity index (χ4v) is 1.71. The van der Waals surface area contributed by atoms with Crippen molar-refractivity contribution < 1.29 is 21.9 Å². The second kappa shape index (κ2) is 6.47. The van der Waals surface area contributed by atoms with Gasteiger partial charge >= 0.3 is 10.4 Å². The maximum atomic E-state index is 11.3. The van der Waals surface area contributed by atoms with E-state index in [2.05, 4.69) is 8.37 Å². The molecule has 5 nitrogen and oxygen atoms in total. The van der Waals surface area contributed by atoms with Gasteiger partial charge in [-0.3, -0.25) is 0 Å². The molecule has 0 amide bonds. The van der Waals surface area contributed by atoms with Gasteiger partial charge in [-0.15, -0.1) is 0 Å². The van der Waals surface area contributed by atoms with Gasteiger partial charge in [0.25, 0.3) is 0 Å². The lowest BCUT2D eigenvalue weighted by molar-refractivity contribution is 0.239. The number of aliphatic hydroxyl groups is 1. The Morgan fingerprint density at radius 2 is 1.81 bits per heavy atom. The summed E-state index contributed by atoms with van der Waals surface area (Å²) in [7, 11) is -4.00. The van der Waals surface area contributed by atoms with Crippen molar-refractivity contribution in [2.24, 2.45) is 0 Å². The SMILES string of the molecule is O=S(=O)(OCCCCO)Oc1ccccc1. The van der Waals surface area contributed by atoms with Crippen LogP contribution in [-0.4, -0.2) is 26.7 Å². The van der Waals surface area contributed by atoms with Gasteiger partial charge in [0.15, 0.2) is 0 Å². The van der Waals surface area contributed by atoms with E-state index in [4.69, 9.17) is 5.11 Å². The topological polar surface area (TPSA) is 72.8 Å². The predicted molar refractivity (Wildman–Crippen MR) is 58.3 cm³/mol. The number of benzene rings is 1. The van der Waals surface area contributed by atoms with Crippen LogP contribution in [0.25, 0.3) is 0 Å². The molecule has 0 saturated carbocycles. The molecule has 16 heavy (non-hydrogen) atoms. The Labute approximate surface area is 95.0 Å². The minimum Gasteiger partial charge on any atom is -0.396 e. The smallest absolute Gasteiger partial charge is 0.396 e. The first-order chi connectivity index (χ1) is 7.64. The third-order valence-corrected chi connectivity index (χ3v) is 2.57. The molecular formula is C10H14O5S. The predicted octanol–water partition coefficient (Wildman–Crippen LogP) is 1.10. The van der Waals surface area contributed by atoms with Gasteiger partial charge < -0.3 is 9.29 Å².